The minimum atomic E-state index is -0.778. The smallest absolute Gasteiger partial charge is 0.306 e. The SMILES string of the molecule is CC/C=C\C/C=C\C/C=C\CCCCCCC(=O)OC(COC(=O)CCCCCCCCCCCCCC)COC(=O)CCCCCCCCCCCCCCCCCCC. The van der Waals surface area contributed by atoms with Gasteiger partial charge in [-0.2, -0.15) is 0 Å². The van der Waals surface area contributed by atoms with Crippen LogP contribution in [-0.2, 0) is 28.6 Å². The first-order valence-corrected chi connectivity index (χ1v) is 26.5. The third-order valence-electron chi connectivity index (χ3n) is 11.7. The second kappa shape index (κ2) is 50.3. The molecule has 0 aliphatic heterocycles. The summed E-state index contributed by atoms with van der Waals surface area (Å²) < 4.78 is 16.8. The van der Waals surface area contributed by atoms with E-state index in [4.69, 9.17) is 14.2 Å². The quantitative estimate of drug-likeness (QED) is 0.0262. The normalized spacial score (nSPS) is 12.2. The second-order valence-corrected chi connectivity index (χ2v) is 17.8. The number of rotatable bonds is 48. The highest BCUT2D eigenvalue weighted by molar-refractivity contribution is 5.71. The zero-order chi connectivity index (χ0) is 44.4. The van der Waals surface area contributed by atoms with Gasteiger partial charge in [0.25, 0.3) is 0 Å². The van der Waals surface area contributed by atoms with Crippen molar-refractivity contribution in [2.75, 3.05) is 13.2 Å². The lowest BCUT2D eigenvalue weighted by Crippen LogP contribution is -2.30. The maximum Gasteiger partial charge on any atom is 0.306 e. The molecule has 0 saturated heterocycles. The molecule has 0 aromatic carbocycles. The number of carbonyl (C=O) groups is 3. The van der Waals surface area contributed by atoms with Gasteiger partial charge in [0.1, 0.15) is 13.2 Å². The Bertz CT molecular complexity index is 1030. The van der Waals surface area contributed by atoms with Gasteiger partial charge in [-0.3, -0.25) is 14.4 Å². The van der Waals surface area contributed by atoms with Crippen LogP contribution in [0.25, 0.3) is 0 Å². The molecule has 0 aromatic heterocycles. The summed E-state index contributed by atoms with van der Waals surface area (Å²) in [5, 5.41) is 0. The van der Waals surface area contributed by atoms with E-state index in [-0.39, 0.29) is 31.1 Å². The number of hydrogen-bond acceptors (Lipinski definition) is 6. The standard InChI is InChI=1S/C55H100O6/c1-4-7-10-13-16-19-22-25-27-28-29-31-33-36-39-42-45-48-54(57)60-51-52(50-59-53(56)47-44-41-38-35-32-24-21-18-15-12-9-6-3)61-55(58)49-46-43-40-37-34-30-26-23-20-17-14-11-8-5-2/h8,11,17,20,26,30,52H,4-7,9-10,12-16,18-19,21-25,27-29,31-51H2,1-3H3/b11-8-,20-17-,30-26-. The van der Waals surface area contributed by atoms with Crippen molar-refractivity contribution in [3.05, 3.63) is 36.5 Å². The predicted molar refractivity (Wildman–Crippen MR) is 261 cm³/mol. The maximum absolute atomic E-state index is 12.8. The molecular weight excluding hydrogens is 757 g/mol. The van der Waals surface area contributed by atoms with E-state index in [1.54, 1.807) is 0 Å². The van der Waals surface area contributed by atoms with Crippen LogP contribution < -0.4 is 0 Å². The zero-order valence-electron chi connectivity index (χ0n) is 40.7. The van der Waals surface area contributed by atoms with Crippen LogP contribution in [0.5, 0.6) is 0 Å². The molecule has 0 N–H and O–H groups in total. The van der Waals surface area contributed by atoms with Crippen LogP contribution in [0.2, 0.25) is 0 Å². The Morgan fingerprint density at radius 2 is 0.639 bits per heavy atom. The van der Waals surface area contributed by atoms with Crippen LogP contribution >= 0.6 is 0 Å². The fourth-order valence-electron chi connectivity index (χ4n) is 7.69. The minimum Gasteiger partial charge on any atom is -0.462 e. The topological polar surface area (TPSA) is 78.9 Å². The number of unbranched alkanes of at least 4 members (excludes halogenated alkanes) is 31. The molecular formula is C55H100O6. The Labute approximate surface area is 378 Å². The van der Waals surface area contributed by atoms with Crippen LogP contribution in [0, 0.1) is 0 Å². The molecule has 0 aromatic rings. The van der Waals surface area contributed by atoms with Crippen LogP contribution in [-0.4, -0.2) is 37.2 Å². The van der Waals surface area contributed by atoms with Crippen molar-refractivity contribution in [1.82, 2.24) is 0 Å². The molecule has 1 unspecified atom stereocenters. The van der Waals surface area contributed by atoms with Gasteiger partial charge >= 0.3 is 17.9 Å². The highest BCUT2D eigenvalue weighted by atomic mass is 16.6. The van der Waals surface area contributed by atoms with Gasteiger partial charge in [-0.15, -0.1) is 0 Å². The monoisotopic (exact) mass is 857 g/mol. The number of carbonyl (C=O) groups excluding carboxylic acids is 3. The molecule has 0 bridgehead atoms. The fraction of sp³-hybridized carbons (Fsp3) is 0.836. The van der Waals surface area contributed by atoms with Gasteiger partial charge in [0, 0.05) is 19.3 Å². The first-order chi connectivity index (χ1) is 30.0. The molecule has 6 nitrogen and oxygen atoms in total. The van der Waals surface area contributed by atoms with Crippen LogP contribution in [0.3, 0.4) is 0 Å². The van der Waals surface area contributed by atoms with Gasteiger partial charge in [-0.1, -0.05) is 243 Å². The molecule has 6 heteroatoms. The van der Waals surface area contributed by atoms with Crippen molar-refractivity contribution in [2.45, 2.75) is 284 Å². The molecule has 0 saturated carbocycles. The van der Waals surface area contributed by atoms with Crippen LogP contribution in [0.1, 0.15) is 278 Å². The molecule has 356 valence electrons. The van der Waals surface area contributed by atoms with E-state index in [9.17, 15) is 14.4 Å². The lowest BCUT2D eigenvalue weighted by molar-refractivity contribution is -0.167. The predicted octanol–water partition coefficient (Wildman–Crippen LogP) is 17.3. The Hall–Kier alpha value is -2.37. The molecule has 0 aliphatic rings. The van der Waals surface area contributed by atoms with Crippen molar-refractivity contribution in [3.8, 4) is 0 Å². The largest absolute Gasteiger partial charge is 0.462 e. The van der Waals surface area contributed by atoms with Gasteiger partial charge in [0.2, 0.25) is 0 Å². The van der Waals surface area contributed by atoms with E-state index in [0.29, 0.717) is 19.3 Å². The molecule has 0 rings (SSSR count). The summed E-state index contributed by atoms with van der Waals surface area (Å²) >= 11 is 0. The van der Waals surface area contributed by atoms with E-state index in [1.807, 2.05) is 0 Å². The Balaban J connectivity index is 4.34. The van der Waals surface area contributed by atoms with Crippen molar-refractivity contribution in [3.63, 3.8) is 0 Å². The van der Waals surface area contributed by atoms with Gasteiger partial charge in [0.05, 0.1) is 0 Å². The molecule has 0 amide bonds. The van der Waals surface area contributed by atoms with Crippen LogP contribution in [0.4, 0.5) is 0 Å². The maximum atomic E-state index is 12.8. The van der Waals surface area contributed by atoms with Crippen LogP contribution in [0.15, 0.2) is 36.5 Å². The molecule has 0 heterocycles. The van der Waals surface area contributed by atoms with Crippen molar-refractivity contribution < 1.29 is 28.6 Å². The number of allylic oxidation sites excluding steroid dienone is 6. The van der Waals surface area contributed by atoms with Gasteiger partial charge in [-0.05, 0) is 51.4 Å². The van der Waals surface area contributed by atoms with Gasteiger partial charge < -0.3 is 14.2 Å². The van der Waals surface area contributed by atoms with Crippen molar-refractivity contribution >= 4 is 17.9 Å². The number of ether oxygens (including phenoxy) is 3. The Morgan fingerprint density at radius 3 is 1.00 bits per heavy atom. The average Bonchev–Trinajstić information content (AvgIpc) is 3.26. The summed E-state index contributed by atoms with van der Waals surface area (Å²) in [4.78, 5) is 38.0. The lowest BCUT2D eigenvalue weighted by Gasteiger charge is -2.18. The van der Waals surface area contributed by atoms with E-state index >= 15 is 0 Å². The third kappa shape index (κ3) is 48.5. The van der Waals surface area contributed by atoms with E-state index < -0.39 is 6.10 Å². The van der Waals surface area contributed by atoms with Gasteiger partial charge in [0.15, 0.2) is 6.10 Å². The third-order valence-corrected chi connectivity index (χ3v) is 11.7. The highest BCUT2D eigenvalue weighted by Gasteiger charge is 2.19. The molecule has 0 fully saturated rings. The fourth-order valence-corrected chi connectivity index (χ4v) is 7.69. The summed E-state index contributed by atoms with van der Waals surface area (Å²) in [5.74, 6) is -0.886. The average molecular weight is 857 g/mol. The summed E-state index contributed by atoms with van der Waals surface area (Å²) in [5.41, 5.74) is 0. The minimum absolute atomic E-state index is 0.0770. The zero-order valence-corrected chi connectivity index (χ0v) is 40.7. The Morgan fingerprint density at radius 1 is 0.344 bits per heavy atom. The van der Waals surface area contributed by atoms with E-state index in [1.165, 1.54) is 148 Å². The number of esters is 3. The lowest BCUT2D eigenvalue weighted by atomic mass is 10.0. The second-order valence-electron chi connectivity index (χ2n) is 17.8. The first-order valence-electron chi connectivity index (χ1n) is 26.5. The summed E-state index contributed by atoms with van der Waals surface area (Å²) in [6.07, 6.45) is 58.4. The van der Waals surface area contributed by atoms with Gasteiger partial charge in [-0.25, -0.2) is 0 Å². The molecule has 61 heavy (non-hydrogen) atoms. The summed E-state index contributed by atoms with van der Waals surface area (Å²) in [7, 11) is 0. The molecule has 1 atom stereocenters. The van der Waals surface area contributed by atoms with E-state index in [0.717, 1.165) is 89.9 Å². The van der Waals surface area contributed by atoms with Crippen molar-refractivity contribution in [1.29, 1.82) is 0 Å². The molecule has 0 spiro atoms. The summed E-state index contributed by atoms with van der Waals surface area (Å²) in [6, 6.07) is 0. The first kappa shape index (κ1) is 58.6. The highest BCUT2D eigenvalue weighted by Crippen LogP contribution is 2.16. The Kier molecular flexibility index (Phi) is 48.3. The molecule has 0 aliphatic carbocycles. The summed E-state index contributed by atoms with van der Waals surface area (Å²) in [6.45, 7) is 6.53. The van der Waals surface area contributed by atoms with E-state index in [2.05, 4.69) is 57.2 Å². The van der Waals surface area contributed by atoms with Crippen molar-refractivity contribution in [2.24, 2.45) is 0 Å². The number of hydrogen-bond donors (Lipinski definition) is 0. The molecule has 0 radical (unpaired) electrons.